The second kappa shape index (κ2) is 6.61. The average molecular weight is 321 g/mol. The Kier molecular flexibility index (Phi) is 5.44. The number of carbonyl (C=O) groups excluding carboxylic acids is 1. The fraction of sp³-hybridized carbons (Fsp3) is 0.273. The van der Waals surface area contributed by atoms with Crippen LogP contribution in [0.4, 0.5) is 5.69 Å². The van der Waals surface area contributed by atoms with Crippen LogP contribution in [0, 0.1) is 0 Å². The summed E-state index contributed by atoms with van der Waals surface area (Å²) in [6.07, 6.45) is 0.460. The predicted octanol–water partition coefficient (Wildman–Crippen LogP) is 3.30. The van der Waals surface area contributed by atoms with Crippen LogP contribution in [0.15, 0.2) is 22.7 Å². The maximum atomic E-state index is 11.5. The topological polar surface area (TPSA) is 66.4 Å². The molecule has 4 nitrogen and oxygen atoms in total. The molecule has 0 aliphatic heterocycles. The summed E-state index contributed by atoms with van der Waals surface area (Å²) in [5.74, 6) is -1.15. The van der Waals surface area contributed by atoms with Crippen molar-refractivity contribution in [2.75, 3.05) is 5.32 Å². The Bertz CT molecular complexity index is 437. The first-order valence-electron chi connectivity index (χ1n) is 4.95. The van der Waals surface area contributed by atoms with Crippen LogP contribution in [0.3, 0.4) is 0 Å². The number of amides is 1. The van der Waals surface area contributed by atoms with Gasteiger partial charge < -0.3 is 10.4 Å². The Balaban J connectivity index is 2.50. The van der Waals surface area contributed by atoms with Gasteiger partial charge in [0.1, 0.15) is 0 Å². The SMILES string of the molecule is O=C(O)CCCC(=O)Nc1cc(Br)ccc1Cl. The molecule has 1 rings (SSSR count). The third-order valence-electron chi connectivity index (χ3n) is 2.00. The highest BCUT2D eigenvalue weighted by molar-refractivity contribution is 9.10. The van der Waals surface area contributed by atoms with E-state index in [-0.39, 0.29) is 18.7 Å². The maximum absolute atomic E-state index is 11.5. The van der Waals surface area contributed by atoms with Gasteiger partial charge in [-0.2, -0.15) is 0 Å². The van der Waals surface area contributed by atoms with Crippen molar-refractivity contribution in [1.82, 2.24) is 0 Å². The normalized spacial score (nSPS) is 10.0. The molecule has 0 aromatic heterocycles. The molecular formula is C11H11BrClNO3. The van der Waals surface area contributed by atoms with E-state index in [1.165, 1.54) is 0 Å². The summed E-state index contributed by atoms with van der Waals surface area (Å²) in [4.78, 5) is 21.8. The minimum Gasteiger partial charge on any atom is -0.481 e. The molecule has 2 N–H and O–H groups in total. The Hall–Kier alpha value is -1.07. The van der Waals surface area contributed by atoms with E-state index >= 15 is 0 Å². The van der Waals surface area contributed by atoms with Gasteiger partial charge in [-0.3, -0.25) is 9.59 Å². The summed E-state index contributed by atoms with van der Waals surface area (Å²) in [6.45, 7) is 0. The first kappa shape index (κ1) is 14.0. The van der Waals surface area contributed by atoms with Crippen LogP contribution < -0.4 is 5.32 Å². The molecule has 0 aliphatic rings. The third kappa shape index (κ3) is 5.19. The van der Waals surface area contributed by atoms with Gasteiger partial charge in [-0.1, -0.05) is 27.5 Å². The van der Waals surface area contributed by atoms with E-state index < -0.39 is 5.97 Å². The number of anilines is 1. The van der Waals surface area contributed by atoms with Crippen molar-refractivity contribution < 1.29 is 14.7 Å². The van der Waals surface area contributed by atoms with Gasteiger partial charge >= 0.3 is 5.97 Å². The van der Waals surface area contributed by atoms with Crippen LogP contribution in [0.1, 0.15) is 19.3 Å². The molecule has 0 spiro atoms. The fourth-order valence-corrected chi connectivity index (χ4v) is 1.73. The Morgan fingerprint density at radius 1 is 1.35 bits per heavy atom. The standard InChI is InChI=1S/C11H11BrClNO3/c12-7-4-5-8(13)9(6-7)14-10(15)2-1-3-11(16)17/h4-6H,1-3H2,(H,14,15)(H,16,17). The minimum absolute atomic E-state index is 0.0142. The number of hydrogen-bond donors (Lipinski definition) is 2. The van der Waals surface area contributed by atoms with Gasteiger partial charge in [-0.15, -0.1) is 0 Å². The summed E-state index contributed by atoms with van der Waals surface area (Å²) < 4.78 is 0.808. The summed E-state index contributed by atoms with van der Waals surface area (Å²) in [7, 11) is 0. The van der Waals surface area contributed by atoms with Gasteiger partial charge in [-0.05, 0) is 24.6 Å². The predicted molar refractivity (Wildman–Crippen MR) is 69.3 cm³/mol. The minimum atomic E-state index is -0.904. The number of carboxylic acids is 1. The average Bonchev–Trinajstić information content (AvgIpc) is 2.23. The number of nitrogens with one attached hydrogen (secondary N) is 1. The van der Waals surface area contributed by atoms with Crippen LogP contribution in [0.2, 0.25) is 5.02 Å². The molecular weight excluding hydrogens is 309 g/mol. The summed E-state index contributed by atoms with van der Waals surface area (Å²) in [5, 5.41) is 11.5. The highest BCUT2D eigenvalue weighted by Gasteiger charge is 2.07. The Labute approximate surface area is 112 Å². The second-order valence-electron chi connectivity index (χ2n) is 3.42. The van der Waals surface area contributed by atoms with Crippen LogP contribution in [-0.2, 0) is 9.59 Å². The number of benzene rings is 1. The summed E-state index contributed by atoms with van der Waals surface area (Å²) >= 11 is 9.17. The monoisotopic (exact) mass is 319 g/mol. The van der Waals surface area contributed by atoms with E-state index in [2.05, 4.69) is 21.2 Å². The lowest BCUT2D eigenvalue weighted by Gasteiger charge is -2.07. The molecule has 0 atom stereocenters. The lowest BCUT2D eigenvalue weighted by atomic mass is 10.2. The molecule has 0 unspecified atom stereocenters. The van der Waals surface area contributed by atoms with Crippen molar-refractivity contribution in [3.8, 4) is 0 Å². The van der Waals surface area contributed by atoms with Crippen molar-refractivity contribution in [2.45, 2.75) is 19.3 Å². The quantitative estimate of drug-likeness (QED) is 0.875. The molecule has 0 heterocycles. The fourth-order valence-electron chi connectivity index (χ4n) is 1.21. The maximum Gasteiger partial charge on any atom is 0.303 e. The number of carbonyl (C=O) groups is 2. The van der Waals surface area contributed by atoms with Gasteiger partial charge in [0.2, 0.25) is 5.91 Å². The number of hydrogen-bond acceptors (Lipinski definition) is 2. The van der Waals surface area contributed by atoms with E-state index in [9.17, 15) is 9.59 Å². The van der Waals surface area contributed by atoms with Crippen molar-refractivity contribution >= 4 is 45.1 Å². The van der Waals surface area contributed by atoms with E-state index in [1.807, 2.05) is 0 Å². The molecule has 0 aliphatic carbocycles. The van der Waals surface area contributed by atoms with Crippen LogP contribution in [0.25, 0.3) is 0 Å². The Morgan fingerprint density at radius 2 is 2.06 bits per heavy atom. The number of rotatable bonds is 5. The van der Waals surface area contributed by atoms with Gasteiger partial charge in [-0.25, -0.2) is 0 Å². The van der Waals surface area contributed by atoms with E-state index in [0.717, 1.165) is 4.47 Å². The molecule has 0 saturated carbocycles. The molecule has 0 saturated heterocycles. The zero-order valence-corrected chi connectivity index (χ0v) is 11.2. The van der Waals surface area contributed by atoms with E-state index in [0.29, 0.717) is 17.1 Å². The molecule has 92 valence electrons. The number of aliphatic carboxylic acids is 1. The van der Waals surface area contributed by atoms with Gasteiger partial charge in [0.05, 0.1) is 10.7 Å². The van der Waals surface area contributed by atoms with Crippen molar-refractivity contribution in [1.29, 1.82) is 0 Å². The van der Waals surface area contributed by atoms with E-state index in [4.69, 9.17) is 16.7 Å². The van der Waals surface area contributed by atoms with Gasteiger partial charge in [0.15, 0.2) is 0 Å². The summed E-state index contributed by atoms with van der Waals surface area (Å²) in [6, 6.07) is 5.12. The van der Waals surface area contributed by atoms with Gasteiger partial charge in [0.25, 0.3) is 0 Å². The molecule has 17 heavy (non-hydrogen) atoms. The molecule has 1 aromatic carbocycles. The van der Waals surface area contributed by atoms with Crippen molar-refractivity contribution in [3.05, 3.63) is 27.7 Å². The Morgan fingerprint density at radius 3 is 2.71 bits per heavy atom. The van der Waals surface area contributed by atoms with E-state index in [1.54, 1.807) is 18.2 Å². The second-order valence-corrected chi connectivity index (χ2v) is 4.74. The first-order valence-corrected chi connectivity index (χ1v) is 6.13. The molecule has 6 heteroatoms. The molecule has 1 amide bonds. The molecule has 1 aromatic rings. The van der Waals surface area contributed by atoms with Gasteiger partial charge in [0, 0.05) is 17.3 Å². The number of carboxylic acid groups (broad SMARTS) is 1. The summed E-state index contributed by atoms with van der Waals surface area (Å²) in [5.41, 5.74) is 0.515. The molecule has 0 radical (unpaired) electrons. The molecule has 0 bridgehead atoms. The van der Waals surface area contributed by atoms with Crippen LogP contribution >= 0.6 is 27.5 Å². The highest BCUT2D eigenvalue weighted by atomic mass is 79.9. The van der Waals surface area contributed by atoms with Crippen molar-refractivity contribution in [3.63, 3.8) is 0 Å². The molecule has 0 fully saturated rings. The lowest BCUT2D eigenvalue weighted by Crippen LogP contribution is -2.12. The number of halogens is 2. The van der Waals surface area contributed by atoms with Crippen LogP contribution in [-0.4, -0.2) is 17.0 Å². The third-order valence-corrected chi connectivity index (χ3v) is 2.82. The smallest absolute Gasteiger partial charge is 0.303 e. The largest absolute Gasteiger partial charge is 0.481 e. The van der Waals surface area contributed by atoms with Crippen LogP contribution in [0.5, 0.6) is 0 Å². The van der Waals surface area contributed by atoms with Crippen molar-refractivity contribution in [2.24, 2.45) is 0 Å². The first-order chi connectivity index (χ1) is 7.99. The lowest BCUT2D eigenvalue weighted by molar-refractivity contribution is -0.137. The zero-order valence-electron chi connectivity index (χ0n) is 8.87. The zero-order chi connectivity index (χ0) is 12.8. The highest BCUT2D eigenvalue weighted by Crippen LogP contribution is 2.25.